The molecule has 0 saturated carbocycles. The summed E-state index contributed by atoms with van der Waals surface area (Å²) in [5.41, 5.74) is 5.82. The van der Waals surface area contributed by atoms with Gasteiger partial charge in [-0.15, -0.1) is 0 Å². The van der Waals surface area contributed by atoms with Gasteiger partial charge < -0.3 is 5.32 Å². The van der Waals surface area contributed by atoms with Crippen LogP contribution in [0.5, 0.6) is 0 Å². The van der Waals surface area contributed by atoms with Crippen LogP contribution in [0.15, 0.2) is 12.1 Å². The number of piperazine rings is 1. The molecule has 1 aliphatic heterocycles. The molecule has 1 atom stereocenters. The Morgan fingerprint density at radius 1 is 1.05 bits per heavy atom. The highest BCUT2D eigenvalue weighted by Crippen LogP contribution is 2.29. The Balaban J connectivity index is 2.31. The van der Waals surface area contributed by atoms with E-state index in [4.69, 9.17) is 0 Å². The standard InChI is InChI=1S/C19H33N3/c1-6-22(7-2)18(14-21-10-8-20-9-11-21)19-16(4)12-15(3)13-17(19)5/h12-13,18,20H,6-11,14H2,1-5H3. The van der Waals surface area contributed by atoms with Gasteiger partial charge in [0.2, 0.25) is 0 Å². The second-order valence-corrected chi connectivity index (χ2v) is 6.60. The molecule has 1 fully saturated rings. The fourth-order valence-corrected chi connectivity index (χ4v) is 3.91. The number of aryl methyl sites for hydroxylation is 3. The molecule has 0 spiro atoms. The molecular weight excluding hydrogens is 270 g/mol. The van der Waals surface area contributed by atoms with Crippen molar-refractivity contribution in [2.75, 3.05) is 45.8 Å². The molecule has 1 heterocycles. The molecule has 0 bridgehead atoms. The maximum Gasteiger partial charge on any atom is 0.0480 e. The Bertz CT molecular complexity index is 451. The van der Waals surface area contributed by atoms with E-state index in [1.54, 1.807) is 5.56 Å². The molecular formula is C19H33N3. The third-order valence-electron chi connectivity index (χ3n) is 4.97. The molecule has 3 heteroatoms. The molecule has 1 N–H and O–H groups in total. The Morgan fingerprint density at radius 2 is 1.59 bits per heavy atom. The van der Waals surface area contributed by atoms with Gasteiger partial charge in [0.1, 0.15) is 0 Å². The van der Waals surface area contributed by atoms with E-state index < -0.39 is 0 Å². The van der Waals surface area contributed by atoms with Gasteiger partial charge in [0.25, 0.3) is 0 Å². The minimum absolute atomic E-state index is 0.508. The number of hydrogen-bond acceptors (Lipinski definition) is 3. The van der Waals surface area contributed by atoms with Crippen LogP contribution >= 0.6 is 0 Å². The Kier molecular flexibility index (Phi) is 6.42. The van der Waals surface area contributed by atoms with Crippen LogP contribution in [-0.4, -0.2) is 55.6 Å². The number of nitrogens with one attached hydrogen (secondary N) is 1. The summed E-state index contributed by atoms with van der Waals surface area (Å²) in [7, 11) is 0. The lowest BCUT2D eigenvalue weighted by atomic mass is 9.92. The lowest BCUT2D eigenvalue weighted by Gasteiger charge is -2.38. The maximum atomic E-state index is 3.46. The summed E-state index contributed by atoms with van der Waals surface area (Å²) >= 11 is 0. The molecule has 1 aliphatic rings. The SMILES string of the molecule is CCN(CC)C(CN1CCNCC1)c1c(C)cc(C)cc1C. The van der Waals surface area contributed by atoms with Gasteiger partial charge in [0, 0.05) is 38.8 Å². The maximum absolute atomic E-state index is 3.46. The third kappa shape index (κ3) is 4.09. The van der Waals surface area contributed by atoms with E-state index in [1.165, 1.54) is 29.8 Å². The summed E-state index contributed by atoms with van der Waals surface area (Å²) in [6.07, 6.45) is 0. The van der Waals surface area contributed by atoms with Gasteiger partial charge in [-0.05, 0) is 50.6 Å². The smallest absolute Gasteiger partial charge is 0.0480 e. The first-order valence-corrected chi connectivity index (χ1v) is 8.81. The van der Waals surface area contributed by atoms with E-state index in [1.807, 2.05) is 0 Å². The van der Waals surface area contributed by atoms with E-state index in [9.17, 15) is 0 Å². The van der Waals surface area contributed by atoms with Crippen LogP contribution in [0.25, 0.3) is 0 Å². The second-order valence-electron chi connectivity index (χ2n) is 6.60. The largest absolute Gasteiger partial charge is 0.314 e. The normalized spacial score (nSPS) is 17.9. The molecule has 1 saturated heterocycles. The fraction of sp³-hybridized carbons (Fsp3) is 0.684. The first-order valence-electron chi connectivity index (χ1n) is 8.81. The fourth-order valence-electron chi connectivity index (χ4n) is 3.91. The molecule has 124 valence electrons. The van der Waals surface area contributed by atoms with Crippen LogP contribution in [0.2, 0.25) is 0 Å². The van der Waals surface area contributed by atoms with Crippen LogP contribution in [-0.2, 0) is 0 Å². The number of likely N-dealkylation sites (N-methyl/N-ethyl adjacent to an activating group) is 1. The number of nitrogens with zero attached hydrogens (tertiary/aromatic N) is 2. The topological polar surface area (TPSA) is 18.5 Å². The summed E-state index contributed by atoms with van der Waals surface area (Å²) in [5.74, 6) is 0. The highest BCUT2D eigenvalue weighted by atomic mass is 15.2. The lowest BCUT2D eigenvalue weighted by molar-refractivity contribution is 0.138. The predicted molar refractivity (Wildman–Crippen MR) is 95.6 cm³/mol. The second kappa shape index (κ2) is 8.09. The first kappa shape index (κ1) is 17.5. The minimum atomic E-state index is 0.508. The van der Waals surface area contributed by atoms with Gasteiger partial charge in [0.15, 0.2) is 0 Å². The summed E-state index contributed by atoms with van der Waals surface area (Å²) in [5, 5.41) is 3.46. The summed E-state index contributed by atoms with van der Waals surface area (Å²) in [6, 6.07) is 5.20. The lowest BCUT2D eigenvalue weighted by Crippen LogP contribution is -2.47. The molecule has 0 radical (unpaired) electrons. The van der Waals surface area contributed by atoms with Gasteiger partial charge in [-0.25, -0.2) is 0 Å². The Labute approximate surface area is 136 Å². The molecule has 1 aromatic rings. The average molecular weight is 303 g/mol. The summed E-state index contributed by atoms with van der Waals surface area (Å²) in [6.45, 7) is 19.3. The number of hydrogen-bond donors (Lipinski definition) is 1. The highest BCUT2D eigenvalue weighted by Gasteiger charge is 2.25. The van der Waals surface area contributed by atoms with Crippen LogP contribution in [0, 0.1) is 20.8 Å². The van der Waals surface area contributed by atoms with E-state index in [-0.39, 0.29) is 0 Å². The minimum Gasteiger partial charge on any atom is -0.314 e. The average Bonchev–Trinajstić information content (AvgIpc) is 2.48. The molecule has 2 rings (SSSR count). The molecule has 1 aromatic carbocycles. The van der Waals surface area contributed by atoms with Crippen molar-refractivity contribution in [3.63, 3.8) is 0 Å². The van der Waals surface area contributed by atoms with E-state index in [0.717, 1.165) is 32.7 Å². The quantitative estimate of drug-likeness (QED) is 0.872. The van der Waals surface area contributed by atoms with Crippen molar-refractivity contribution in [1.29, 1.82) is 0 Å². The summed E-state index contributed by atoms with van der Waals surface area (Å²) < 4.78 is 0. The molecule has 0 aliphatic carbocycles. The zero-order chi connectivity index (χ0) is 16.1. The Hall–Kier alpha value is -0.900. The number of rotatable bonds is 6. The van der Waals surface area contributed by atoms with Crippen molar-refractivity contribution in [1.82, 2.24) is 15.1 Å². The van der Waals surface area contributed by atoms with Crippen LogP contribution < -0.4 is 5.32 Å². The Morgan fingerprint density at radius 3 is 2.09 bits per heavy atom. The van der Waals surface area contributed by atoms with Gasteiger partial charge in [-0.2, -0.15) is 0 Å². The van der Waals surface area contributed by atoms with Crippen LogP contribution in [0.3, 0.4) is 0 Å². The van der Waals surface area contributed by atoms with Crippen molar-refractivity contribution in [2.24, 2.45) is 0 Å². The molecule has 1 unspecified atom stereocenters. The molecule has 0 aromatic heterocycles. The van der Waals surface area contributed by atoms with E-state index >= 15 is 0 Å². The molecule has 22 heavy (non-hydrogen) atoms. The van der Waals surface area contributed by atoms with Crippen molar-refractivity contribution in [3.05, 3.63) is 34.4 Å². The summed E-state index contributed by atoms with van der Waals surface area (Å²) in [4.78, 5) is 5.24. The van der Waals surface area contributed by atoms with E-state index in [0.29, 0.717) is 6.04 Å². The van der Waals surface area contributed by atoms with Crippen molar-refractivity contribution in [3.8, 4) is 0 Å². The molecule has 3 nitrogen and oxygen atoms in total. The number of benzene rings is 1. The van der Waals surface area contributed by atoms with Crippen molar-refractivity contribution < 1.29 is 0 Å². The van der Waals surface area contributed by atoms with Gasteiger partial charge >= 0.3 is 0 Å². The van der Waals surface area contributed by atoms with Gasteiger partial charge in [-0.1, -0.05) is 31.5 Å². The van der Waals surface area contributed by atoms with Crippen LogP contribution in [0.1, 0.15) is 42.1 Å². The highest BCUT2D eigenvalue weighted by molar-refractivity contribution is 5.40. The van der Waals surface area contributed by atoms with Crippen molar-refractivity contribution >= 4 is 0 Å². The monoisotopic (exact) mass is 303 g/mol. The van der Waals surface area contributed by atoms with Crippen LogP contribution in [0.4, 0.5) is 0 Å². The van der Waals surface area contributed by atoms with Gasteiger partial charge in [0.05, 0.1) is 0 Å². The third-order valence-corrected chi connectivity index (χ3v) is 4.97. The first-order chi connectivity index (χ1) is 10.6. The molecule has 0 amide bonds. The van der Waals surface area contributed by atoms with E-state index in [2.05, 4.69) is 61.9 Å². The zero-order valence-corrected chi connectivity index (χ0v) is 15.1. The van der Waals surface area contributed by atoms with Gasteiger partial charge in [-0.3, -0.25) is 9.80 Å². The predicted octanol–water partition coefficient (Wildman–Crippen LogP) is 2.90. The zero-order valence-electron chi connectivity index (χ0n) is 15.1. The van der Waals surface area contributed by atoms with Crippen molar-refractivity contribution in [2.45, 2.75) is 40.7 Å².